The van der Waals surface area contributed by atoms with Gasteiger partial charge in [0.25, 0.3) is 5.95 Å². The SMILES string of the molecule is COc1cc(/C=N/c2n[nH]c(N)n2)ccc1OCc1ccc(Cl)cc1Cl. The standard InChI is InChI=1S/C17H15Cl2N5O2/c1-25-15-6-10(8-21-17-22-16(20)23-24-17)2-5-14(15)26-9-11-3-4-12(18)7-13(11)19/h2-8H,9H2,1H3,(H3,20,22,23,24)/b21-8+. The molecule has 1 heterocycles. The highest BCUT2D eigenvalue weighted by atomic mass is 35.5. The number of nitrogens with zero attached hydrogens (tertiary/aromatic N) is 3. The quantitative estimate of drug-likeness (QED) is 0.617. The molecule has 3 aromatic rings. The maximum Gasteiger partial charge on any atom is 0.269 e. The summed E-state index contributed by atoms with van der Waals surface area (Å²) in [5.41, 5.74) is 7.08. The number of nitrogen functional groups attached to an aromatic ring is 1. The van der Waals surface area contributed by atoms with Crippen LogP contribution in [0.4, 0.5) is 11.9 Å². The van der Waals surface area contributed by atoms with Crippen molar-refractivity contribution in [3.63, 3.8) is 0 Å². The Morgan fingerprint density at radius 1 is 1.19 bits per heavy atom. The summed E-state index contributed by atoms with van der Waals surface area (Å²) in [5.74, 6) is 1.60. The molecule has 134 valence electrons. The molecular formula is C17H15Cl2N5O2. The van der Waals surface area contributed by atoms with Crippen molar-refractivity contribution in [3.8, 4) is 11.5 Å². The summed E-state index contributed by atoms with van der Waals surface area (Å²) in [6.07, 6.45) is 1.60. The second-order valence-corrected chi connectivity index (χ2v) is 6.06. The topological polar surface area (TPSA) is 98.4 Å². The van der Waals surface area contributed by atoms with E-state index in [1.807, 2.05) is 12.1 Å². The molecule has 0 saturated carbocycles. The molecule has 2 aromatic carbocycles. The van der Waals surface area contributed by atoms with Gasteiger partial charge in [0.1, 0.15) is 6.61 Å². The van der Waals surface area contributed by atoms with E-state index >= 15 is 0 Å². The van der Waals surface area contributed by atoms with Gasteiger partial charge in [-0.1, -0.05) is 29.3 Å². The number of nitrogens with two attached hydrogens (primary N) is 1. The van der Waals surface area contributed by atoms with Crippen molar-refractivity contribution in [2.75, 3.05) is 12.8 Å². The van der Waals surface area contributed by atoms with E-state index in [-0.39, 0.29) is 18.5 Å². The molecule has 1 aromatic heterocycles. The molecule has 0 bridgehead atoms. The molecule has 0 fully saturated rings. The van der Waals surface area contributed by atoms with Crippen molar-refractivity contribution in [2.45, 2.75) is 6.61 Å². The van der Waals surface area contributed by atoms with Crippen LogP contribution in [0.25, 0.3) is 0 Å². The number of aromatic amines is 1. The predicted molar refractivity (Wildman–Crippen MR) is 102 cm³/mol. The van der Waals surface area contributed by atoms with Gasteiger partial charge in [-0.2, -0.15) is 4.98 Å². The van der Waals surface area contributed by atoms with Gasteiger partial charge in [-0.25, -0.2) is 10.1 Å². The molecule has 0 aliphatic heterocycles. The molecule has 0 aliphatic carbocycles. The van der Waals surface area contributed by atoms with Gasteiger partial charge in [0.05, 0.1) is 7.11 Å². The molecule has 26 heavy (non-hydrogen) atoms. The highest BCUT2D eigenvalue weighted by Gasteiger charge is 2.08. The van der Waals surface area contributed by atoms with Crippen LogP contribution in [0.3, 0.4) is 0 Å². The fourth-order valence-corrected chi connectivity index (χ4v) is 2.60. The van der Waals surface area contributed by atoms with Gasteiger partial charge in [-0.15, -0.1) is 5.10 Å². The van der Waals surface area contributed by atoms with E-state index in [1.165, 1.54) is 0 Å². The van der Waals surface area contributed by atoms with Gasteiger partial charge in [0.15, 0.2) is 11.5 Å². The lowest BCUT2D eigenvalue weighted by molar-refractivity contribution is 0.284. The molecule has 0 saturated heterocycles. The van der Waals surface area contributed by atoms with E-state index in [4.69, 9.17) is 38.4 Å². The second-order valence-electron chi connectivity index (χ2n) is 5.21. The Hall–Kier alpha value is -2.77. The van der Waals surface area contributed by atoms with Gasteiger partial charge in [-0.3, -0.25) is 0 Å². The second kappa shape index (κ2) is 8.07. The first-order valence-corrected chi connectivity index (χ1v) is 8.27. The van der Waals surface area contributed by atoms with Crippen LogP contribution in [-0.4, -0.2) is 28.5 Å². The lowest BCUT2D eigenvalue weighted by atomic mass is 10.2. The smallest absolute Gasteiger partial charge is 0.269 e. The minimum absolute atomic E-state index is 0.208. The fourth-order valence-electron chi connectivity index (χ4n) is 2.13. The first kappa shape index (κ1) is 18.0. The Bertz CT molecular complexity index is 943. The molecule has 9 heteroatoms. The molecule has 0 atom stereocenters. The lowest BCUT2D eigenvalue weighted by Gasteiger charge is -2.12. The highest BCUT2D eigenvalue weighted by Crippen LogP contribution is 2.30. The van der Waals surface area contributed by atoms with Crippen LogP contribution in [0.15, 0.2) is 41.4 Å². The van der Waals surface area contributed by atoms with Gasteiger partial charge in [0.2, 0.25) is 5.95 Å². The number of hydrogen-bond donors (Lipinski definition) is 2. The number of anilines is 1. The average molecular weight is 392 g/mol. The Morgan fingerprint density at radius 2 is 2.04 bits per heavy atom. The first-order valence-electron chi connectivity index (χ1n) is 7.52. The molecule has 3 N–H and O–H groups in total. The van der Waals surface area contributed by atoms with Crippen LogP contribution < -0.4 is 15.2 Å². The summed E-state index contributed by atoms with van der Waals surface area (Å²) in [4.78, 5) is 8.03. The maximum absolute atomic E-state index is 6.16. The zero-order chi connectivity index (χ0) is 18.5. The number of nitrogens with one attached hydrogen (secondary N) is 1. The Morgan fingerprint density at radius 3 is 2.73 bits per heavy atom. The predicted octanol–water partition coefficient (Wildman–Crippen LogP) is 4.03. The number of benzene rings is 2. The number of rotatable bonds is 6. The number of ether oxygens (including phenoxy) is 2. The molecule has 0 aliphatic rings. The molecule has 7 nitrogen and oxygen atoms in total. The summed E-state index contributed by atoms with van der Waals surface area (Å²) in [6.45, 7) is 0.288. The number of H-pyrrole nitrogens is 1. The van der Waals surface area contributed by atoms with Crippen molar-refractivity contribution >= 4 is 41.3 Å². The minimum Gasteiger partial charge on any atom is -0.493 e. The molecule has 0 amide bonds. The number of methoxy groups -OCH3 is 1. The number of hydrogen-bond acceptors (Lipinski definition) is 6. The van der Waals surface area contributed by atoms with Crippen LogP contribution >= 0.6 is 23.2 Å². The largest absolute Gasteiger partial charge is 0.493 e. The van der Waals surface area contributed by atoms with Crippen molar-refractivity contribution in [3.05, 3.63) is 57.6 Å². The third kappa shape index (κ3) is 4.44. The molecule has 0 spiro atoms. The van der Waals surface area contributed by atoms with Gasteiger partial charge < -0.3 is 15.2 Å². The van der Waals surface area contributed by atoms with E-state index < -0.39 is 0 Å². The monoisotopic (exact) mass is 391 g/mol. The van der Waals surface area contributed by atoms with Crippen LogP contribution in [-0.2, 0) is 6.61 Å². The van der Waals surface area contributed by atoms with Gasteiger partial charge in [-0.05, 0) is 35.9 Å². The van der Waals surface area contributed by atoms with E-state index in [9.17, 15) is 0 Å². The molecule has 0 unspecified atom stereocenters. The summed E-state index contributed by atoms with van der Waals surface area (Å²) in [7, 11) is 1.56. The lowest BCUT2D eigenvalue weighted by Crippen LogP contribution is -1.99. The van der Waals surface area contributed by atoms with Crippen LogP contribution in [0.5, 0.6) is 11.5 Å². The highest BCUT2D eigenvalue weighted by molar-refractivity contribution is 6.35. The number of halogens is 2. The molecule has 3 rings (SSSR count). The summed E-state index contributed by atoms with van der Waals surface area (Å²) < 4.78 is 11.2. The van der Waals surface area contributed by atoms with Gasteiger partial charge >= 0.3 is 0 Å². The Balaban J connectivity index is 1.73. The van der Waals surface area contributed by atoms with Crippen molar-refractivity contribution in [2.24, 2.45) is 4.99 Å². The summed E-state index contributed by atoms with van der Waals surface area (Å²) in [6, 6.07) is 10.7. The Labute approximate surface area is 159 Å². The maximum atomic E-state index is 6.16. The number of aromatic nitrogens is 3. The Kier molecular flexibility index (Phi) is 5.60. The van der Waals surface area contributed by atoms with Crippen LogP contribution in [0.2, 0.25) is 10.0 Å². The van der Waals surface area contributed by atoms with Crippen LogP contribution in [0, 0.1) is 0 Å². The zero-order valence-corrected chi connectivity index (χ0v) is 15.3. The summed E-state index contributed by atoms with van der Waals surface area (Å²) in [5, 5.41) is 7.47. The van der Waals surface area contributed by atoms with E-state index in [0.29, 0.717) is 21.5 Å². The van der Waals surface area contributed by atoms with Crippen molar-refractivity contribution < 1.29 is 9.47 Å². The third-order valence-corrected chi connectivity index (χ3v) is 3.99. The van der Waals surface area contributed by atoms with Crippen molar-refractivity contribution in [1.29, 1.82) is 0 Å². The minimum atomic E-state index is 0.208. The zero-order valence-electron chi connectivity index (χ0n) is 13.7. The molecule has 0 radical (unpaired) electrons. The first-order chi connectivity index (χ1) is 12.5. The van der Waals surface area contributed by atoms with Crippen molar-refractivity contribution in [1.82, 2.24) is 15.2 Å². The summed E-state index contributed by atoms with van der Waals surface area (Å²) >= 11 is 12.1. The molecular weight excluding hydrogens is 377 g/mol. The van der Waals surface area contributed by atoms with E-state index in [2.05, 4.69) is 20.2 Å². The number of aliphatic imine (C=N–C) groups is 1. The van der Waals surface area contributed by atoms with Crippen LogP contribution in [0.1, 0.15) is 11.1 Å². The average Bonchev–Trinajstić information content (AvgIpc) is 3.05. The fraction of sp³-hybridized carbons (Fsp3) is 0.118. The van der Waals surface area contributed by atoms with E-state index in [0.717, 1.165) is 11.1 Å². The normalized spacial score (nSPS) is 11.0. The van der Waals surface area contributed by atoms with Gasteiger partial charge in [0, 0.05) is 21.8 Å². The van der Waals surface area contributed by atoms with E-state index in [1.54, 1.807) is 37.6 Å². The third-order valence-electron chi connectivity index (χ3n) is 3.41.